The first-order valence-corrected chi connectivity index (χ1v) is 9.97. The van der Waals surface area contributed by atoms with Crippen molar-refractivity contribution in [1.82, 2.24) is 24.9 Å². The normalized spacial score (nSPS) is 10.2. The molecule has 0 amide bonds. The molecule has 0 radical (unpaired) electrons. The standard InChI is InChI=1S/C10H8N2.C9H7N3.ClH.F5P.FH.Rh.Ru/c1-3-7-11-9(5-1)10-6-2-4-8-12-10;1-2-4-11-8(3-1)9-7-10-5-6-12-9;;1-6(2,3,4)5;;;/h1-8H;1-7H;1H;;1H;;/q;;;;;+3;+2/p-2. The monoisotopic (exact) mass is 698 g/mol. The van der Waals surface area contributed by atoms with Crippen LogP contribution in [0.15, 0.2) is 91.8 Å². The summed E-state index contributed by atoms with van der Waals surface area (Å²) < 4.78 is 49.2. The Morgan fingerprint density at radius 1 is 0.529 bits per heavy atom. The zero-order chi connectivity index (χ0) is 21.9. The van der Waals surface area contributed by atoms with E-state index in [0.29, 0.717) is 0 Å². The Balaban J connectivity index is -0.000000422. The summed E-state index contributed by atoms with van der Waals surface area (Å²) in [6.45, 7) is 0. The van der Waals surface area contributed by atoms with E-state index in [9.17, 15) is 21.0 Å². The van der Waals surface area contributed by atoms with Crippen molar-refractivity contribution in [3.05, 3.63) is 91.8 Å². The van der Waals surface area contributed by atoms with Crippen LogP contribution >= 0.6 is 8.16 Å². The topological polar surface area (TPSA) is 64.5 Å². The van der Waals surface area contributed by atoms with Gasteiger partial charge in [-0.05, 0) is 36.4 Å². The molecule has 0 aromatic carbocycles. The van der Waals surface area contributed by atoms with Gasteiger partial charge in [0.2, 0.25) is 0 Å². The molecule has 0 atom stereocenters. The Bertz CT molecular complexity index is 857. The Labute approximate surface area is 223 Å². The zero-order valence-electron chi connectivity index (χ0n) is 16.7. The summed E-state index contributed by atoms with van der Waals surface area (Å²) in [6, 6.07) is 17.3. The summed E-state index contributed by atoms with van der Waals surface area (Å²) in [5.41, 5.74) is 3.49. The maximum atomic E-state index is 9.84. The minimum atomic E-state index is -8.55. The molecule has 0 N–H and O–H groups in total. The molecule has 4 rings (SSSR count). The molecular formula is C19H15ClF6N5PRhRu+3. The van der Waals surface area contributed by atoms with Gasteiger partial charge >= 0.3 is 68.1 Å². The average molecular weight is 698 g/mol. The molecule has 0 aliphatic carbocycles. The molecule has 0 spiro atoms. The third kappa shape index (κ3) is 17.5. The van der Waals surface area contributed by atoms with E-state index in [-0.39, 0.29) is 56.1 Å². The maximum Gasteiger partial charge on any atom is 3.00 e. The van der Waals surface area contributed by atoms with Crippen LogP contribution in [0.3, 0.4) is 0 Å². The Morgan fingerprint density at radius 3 is 1.12 bits per heavy atom. The molecule has 0 saturated carbocycles. The molecule has 0 saturated heterocycles. The number of hydrogen-bond acceptors (Lipinski definition) is 5. The first-order valence-electron chi connectivity index (χ1n) is 8.28. The average Bonchev–Trinajstić information content (AvgIpc) is 2.75. The van der Waals surface area contributed by atoms with E-state index >= 15 is 0 Å². The molecule has 4 aromatic heterocycles. The van der Waals surface area contributed by atoms with Crippen molar-refractivity contribution in [2.75, 3.05) is 0 Å². The second kappa shape index (κ2) is 17.5. The fourth-order valence-electron chi connectivity index (χ4n) is 1.97. The van der Waals surface area contributed by atoms with Crippen LogP contribution in [-0.4, -0.2) is 24.9 Å². The van der Waals surface area contributed by atoms with Gasteiger partial charge in [-0.25, -0.2) is 0 Å². The van der Waals surface area contributed by atoms with Gasteiger partial charge in [0.1, 0.15) is 5.69 Å². The first-order chi connectivity index (χ1) is 14.2. The third-order valence-electron chi connectivity index (χ3n) is 3.08. The summed E-state index contributed by atoms with van der Waals surface area (Å²) in [7, 11) is -8.55. The van der Waals surface area contributed by atoms with Crippen LogP contribution in [0.1, 0.15) is 0 Å². The minimum absolute atomic E-state index is 0. The molecule has 184 valence electrons. The number of nitrogens with zero attached hydrogens (tertiary/aromatic N) is 5. The number of pyridine rings is 3. The summed E-state index contributed by atoms with van der Waals surface area (Å²) in [5, 5.41) is 0. The number of halogens is 7. The Kier molecular flexibility index (Phi) is 18.9. The van der Waals surface area contributed by atoms with Gasteiger partial charge in [0.05, 0.1) is 23.3 Å². The van der Waals surface area contributed by atoms with Gasteiger partial charge in [0.25, 0.3) is 0 Å². The molecule has 4 heterocycles. The fraction of sp³-hybridized carbons (Fsp3) is 0. The largest absolute Gasteiger partial charge is 3.00 e. The van der Waals surface area contributed by atoms with E-state index in [2.05, 4.69) is 24.9 Å². The molecule has 5 nitrogen and oxygen atoms in total. The van der Waals surface area contributed by atoms with E-state index in [1.165, 1.54) is 0 Å². The van der Waals surface area contributed by atoms with Crippen LogP contribution < -0.4 is 17.1 Å². The van der Waals surface area contributed by atoms with Crippen LogP contribution in [0.2, 0.25) is 0 Å². The van der Waals surface area contributed by atoms with E-state index < -0.39 is 8.16 Å². The molecule has 34 heavy (non-hydrogen) atoms. The summed E-state index contributed by atoms with van der Waals surface area (Å²) >= 11 is 0. The Hall–Kier alpha value is -1.92. The van der Waals surface area contributed by atoms with Crippen LogP contribution in [0.5, 0.6) is 0 Å². The summed E-state index contributed by atoms with van der Waals surface area (Å²) in [6.07, 6.45) is 10.3. The number of hydrogen-bond donors (Lipinski definition) is 0. The van der Waals surface area contributed by atoms with E-state index in [0.717, 1.165) is 22.8 Å². The Morgan fingerprint density at radius 2 is 0.853 bits per heavy atom. The quantitative estimate of drug-likeness (QED) is 0.175. The van der Waals surface area contributed by atoms with Gasteiger partial charge in [0.15, 0.2) is 0 Å². The summed E-state index contributed by atoms with van der Waals surface area (Å²) in [4.78, 5) is 20.6. The van der Waals surface area contributed by atoms with Gasteiger partial charge in [-0.2, -0.15) is 0 Å². The van der Waals surface area contributed by atoms with Crippen molar-refractivity contribution in [3.63, 3.8) is 0 Å². The maximum absolute atomic E-state index is 9.84. The van der Waals surface area contributed by atoms with Gasteiger partial charge < -0.3 is 17.1 Å². The van der Waals surface area contributed by atoms with Crippen molar-refractivity contribution in [3.8, 4) is 22.8 Å². The number of aromatic nitrogens is 5. The fourth-order valence-corrected chi connectivity index (χ4v) is 1.97. The zero-order valence-corrected chi connectivity index (χ0v) is 21.7. The van der Waals surface area contributed by atoms with E-state index in [1.807, 2.05) is 54.6 Å². The van der Waals surface area contributed by atoms with Gasteiger partial charge in [0, 0.05) is 31.0 Å². The summed E-state index contributed by atoms with van der Waals surface area (Å²) in [5.74, 6) is 0. The molecule has 0 aliphatic rings. The van der Waals surface area contributed by atoms with E-state index in [4.69, 9.17) is 0 Å². The molecular weight excluding hydrogens is 683 g/mol. The van der Waals surface area contributed by atoms with Crippen molar-refractivity contribution in [2.45, 2.75) is 0 Å². The van der Waals surface area contributed by atoms with Crippen LogP contribution in [0.4, 0.5) is 21.0 Å². The SMILES string of the molecule is FP(F)(F)(F)F.[Cl-].[F-].[Rh+3].[Ru+2].c1ccc(-c2ccccn2)nc1.c1ccc(-c2cnccn2)nc1. The predicted octanol–water partition coefficient (Wildman–Crippen LogP) is 0.647. The second-order valence-electron chi connectivity index (χ2n) is 5.37. The van der Waals surface area contributed by atoms with Gasteiger partial charge in [-0.1, -0.05) is 18.2 Å². The predicted molar refractivity (Wildman–Crippen MR) is 105 cm³/mol. The van der Waals surface area contributed by atoms with Crippen molar-refractivity contribution in [1.29, 1.82) is 0 Å². The third-order valence-corrected chi connectivity index (χ3v) is 3.08. The van der Waals surface area contributed by atoms with E-state index in [1.54, 1.807) is 37.2 Å². The van der Waals surface area contributed by atoms with Crippen molar-refractivity contribution >= 4 is 8.16 Å². The van der Waals surface area contributed by atoms with Crippen molar-refractivity contribution in [2.24, 2.45) is 0 Å². The first kappa shape index (κ1) is 36.6. The molecule has 0 aliphatic heterocycles. The van der Waals surface area contributed by atoms with Crippen LogP contribution in [0.25, 0.3) is 22.8 Å². The molecule has 0 unspecified atom stereocenters. The molecule has 4 aromatic rings. The van der Waals surface area contributed by atoms with Gasteiger partial charge in [-0.15, -0.1) is 0 Å². The molecule has 0 bridgehead atoms. The minimum Gasteiger partial charge on any atom is -1.00 e. The van der Waals surface area contributed by atoms with Gasteiger partial charge in [-0.3, -0.25) is 24.9 Å². The van der Waals surface area contributed by atoms with Crippen LogP contribution in [0, 0.1) is 0 Å². The number of rotatable bonds is 2. The van der Waals surface area contributed by atoms with Crippen molar-refractivity contribution < 1.29 is 77.1 Å². The van der Waals surface area contributed by atoms with Crippen LogP contribution in [-0.2, 0) is 39.0 Å². The smallest absolute Gasteiger partial charge is 1.00 e. The molecule has 15 heteroatoms. The second-order valence-corrected chi connectivity index (χ2v) is 6.65. The molecule has 0 fully saturated rings.